The van der Waals surface area contributed by atoms with Gasteiger partial charge in [-0.1, -0.05) is 0 Å². The zero-order valence-corrected chi connectivity index (χ0v) is 8.53. The minimum atomic E-state index is -0.473. The molecule has 80 valence electrons. The van der Waals surface area contributed by atoms with E-state index in [1.165, 1.54) is 0 Å². The summed E-state index contributed by atoms with van der Waals surface area (Å²) in [5.74, 6) is -0.336. The first-order valence-electron chi connectivity index (χ1n) is 4.61. The van der Waals surface area contributed by atoms with E-state index in [1.807, 2.05) is 11.9 Å². The lowest BCUT2D eigenvalue weighted by Crippen LogP contribution is -2.31. The van der Waals surface area contributed by atoms with Crippen LogP contribution in [-0.2, 0) is 14.3 Å². The zero-order chi connectivity index (χ0) is 10.7. The number of likely N-dealkylation sites (tertiary alicyclic amines) is 1. The number of nitrogens with zero attached hydrogens (tertiary/aromatic N) is 1. The van der Waals surface area contributed by atoms with Gasteiger partial charge < -0.3 is 10.5 Å². The minimum absolute atomic E-state index is 0.0543. The first kappa shape index (κ1) is 11.1. The normalized spacial score (nSPS) is 27.9. The molecule has 0 aromatic heterocycles. The van der Waals surface area contributed by atoms with Gasteiger partial charge in [-0.2, -0.15) is 0 Å². The molecule has 1 saturated heterocycles. The molecule has 0 aliphatic carbocycles. The van der Waals surface area contributed by atoms with Crippen molar-refractivity contribution in [1.82, 2.24) is 4.90 Å². The topological polar surface area (TPSA) is 72.6 Å². The van der Waals surface area contributed by atoms with Crippen LogP contribution in [0.15, 0.2) is 0 Å². The Labute approximate surface area is 83.2 Å². The molecule has 1 aliphatic heterocycles. The van der Waals surface area contributed by atoms with Crippen LogP contribution in [0.4, 0.5) is 0 Å². The second-order valence-corrected chi connectivity index (χ2v) is 3.70. The lowest BCUT2D eigenvalue weighted by atomic mass is 10.1. The van der Waals surface area contributed by atoms with E-state index >= 15 is 0 Å². The largest absolute Gasteiger partial charge is 0.368 e. The van der Waals surface area contributed by atoms with Crippen molar-refractivity contribution in [2.24, 2.45) is 5.73 Å². The Balaban J connectivity index is 2.38. The number of nitrogens with two attached hydrogens (primary N) is 1. The lowest BCUT2D eigenvalue weighted by molar-refractivity contribution is -0.124. The average Bonchev–Trinajstić information content (AvgIpc) is 2.43. The maximum absolute atomic E-state index is 11.2. The van der Waals surface area contributed by atoms with Gasteiger partial charge in [0.1, 0.15) is 12.4 Å². The molecule has 0 aromatic rings. The van der Waals surface area contributed by atoms with E-state index in [2.05, 4.69) is 0 Å². The molecule has 0 spiro atoms. The molecule has 2 N–H and O–H groups in total. The van der Waals surface area contributed by atoms with E-state index in [0.29, 0.717) is 13.0 Å². The number of likely N-dealkylation sites (N-methyl/N-ethyl adjacent to an activating group) is 1. The van der Waals surface area contributed by atoms with Crippen molar-refractivity contribution in [2.45, 2.75) is 25.5 Å². The number of Topliss-reactive ketones (excluding diaryl/α,β-unsaturated/α-hetero) is 1. The maximum Gasteiger partial charge on any atom is 0.243 e. The van der Waals surface area contributed by atoms with Crippen LogP contribution < -0.4 is 5.73 Å². The molecule has 0 radical (unpaired) electrons. The minimum Gasteiger partial charge on any atom is -0.368 e. The molecular weight excluding hydrogens is 184 g/mol. The van der Waals surface area contributed by atoms with Gasteiger partial charge in [-0.25, -0.2) is 0 Å². The Kier molecular flexibility index (Phi) is 3.60. The standard InChI is InChI=1S/C9H16N2O3/c1-6(12)8-3-7(4-11(8)2)14-5-9(10)13/h7-8H,3-5H2,1-2H3,(H2,10,13)/t7-,8+/m1/s1. The van der Waals surface area contributed by atoms with E-state index in [0.717, 1.165) is 0 Å². The summed E-state index contributed by atoms with van der Waals surface area (Å²) in [6, 6.07) is -0.0760. The van der Waals surface area contributed by atoms with Crippen LogP contribution in [0, 0.1) is 0 Å². The summed E-state index contributed by atoms with van der Waals surface area (Å²) < 4.78 is 5.25. The lowest BCUT2D eigenvalue weighted by Gasteiger charge is -2.14. The fourth-order valence-corrected chi connectivity index (χ4v) is 1.75. The molecule has 5 nitrogen and oxygen atoms in total. The Morgan fingerprint density at radius 3 is 2.64 bits per heavy atom. The Hall–Kier alpha value is -0.940. The first-order chi connectivity index (χ1) is 6.50. The van der Waals surface area contributed by atoms with Crippen molar-refractivity contribution >= 4 is 11.7 Å². The summed E-state index contributed by atoms with van der Waals surface area (Å²) in [7, 11) is 1.87. The predicted molar refractivity (Wildman–Crippen MR) is 50.7 cm³/mol. The fourth-order valence-electron chi connectivity index (χ4n) is 1.75. The highest BCUT2D eigenvalue weighted by Crippen LogP contribution is 2.18. The molecule has 0 unspecified atom stereocenters. The number of amides is 1. The Morgan fingerprint density at radius 1 is 1.57 bits per heavy atom. The molecule has 0 saturated carbocycles. The van der Waals surface area contributed by atoms with Crippen LogP contribution in [0.25, 0.3) is 0 Å². The van der Waals surface area contributed by atoms with Gasteiger partial charge in [-0.3, -0.25) is 14.5 Å². The van der Waals surface area contributed by atoms with Crippen molar-refractivity contribution in [1.29, 1.82) is 0 Å². The van der Waals surface area contributed by atoms with Gasteiger partial charge >= 0.3 is 0 Å². The smallest absolute Gasteiger partial charge is 0.243 e. The van der Waals surface area contributed by atoms with Crippen molar-refractivity contribution in [3.63, 3.8) is 0 Å². The molecular formula is C9H16N2O3. The number of ether oxygens (including phenoxy) is 1. The molecule has 2 atom stereocenters. The van der Waals surface area contributed by atoms with E-state index in [9.17, 15) is 9.59 Å². The van der Waals surface area contributed by atoms with Crippen LogP contribution in [-0.4, -0.2) is 48.9 Å². The van der Waals surface area contributed by atoms with E-state index < -0.39 is 5.91 Å². The third-order valence-corrected chi connectivity index (χ3v) is 2.44. The summed E-state index contributed by atoms with van der Waals surface area (Å²) in [6.07, 6.45) is 0.598. The molecule has 1 amide bonds. The highest BCUT2D eigenvalue weighted by atomic mass is 16.5. The SMILES string of the molecule is CC(=O)[C@@H]1C[C@@H](OCC(N)=O)CN1C. The van der Waals surface area contributed by atoms with Crippen molar-refractivity contribution in [3.05, 3.63) is 0 Å². The highest BCUT2D eigenvalue weighted by Gasteiger charge is 2.32. The molecule has 1 rings (SSSR count). The van der Waals surface area contributed by atoms with Gasteiger partial charge in [0.2, 0.25) is 5.91 Å². The molecule has 1 fully saturated rings. The van der Waals surface area contributed by atoms with Crippen molar-refractivity contribution < 1.29 is 14.3 Å². The van der Waals surface area contributed by atoms with Crippen LogP contribution >= 0.6 is 0 Å². The van der Waals surface area contributed by atoms with Gasteiger partial charge in [0.05, 0.1) is 12.1 Å². The van der Waals surface area contributed by atoms with Gasteiger partial charge in [0, 0.05) is 6.54 Å². The van der Waals surface area contributed by atoms with Crippen LogP contribution in [0.3, 0.4) is 0 Å². The van der Waals surface area contributed by atoms with E-state index in [1.54, 1.807) is 6.92 Å². The number of carbonyl (C=O) groups is 2. The number of hydrogen-bond acceptors (Lipinski definition) is 4. The molecule has 0 aromatic carbocycles. The van der Waals surface area contributed by atoms with Gasteiger partial charge in [0.15, 0.2) is 0 Å². The quantitative estimate of drug-likeness (QED) is 0.641. The monoisotopic (exact) mass is 200 g/mol. The summed E-state index contributed by atoms with van der Waals surface area (Å²) in [4.78, 5) is 23.6. The fraction of sp³-hybridized carbons (Fsp3) is 0.778. The van der Waals surface area contributed by atoms with Crippen LogP contribution in [0.5, 0.6) is 0 Å². The molecule has 14 heavy (non-hydrogen) atoms. The number of carbonyl (C=O) groups excluding carboxylic acids is 2. The second-order valence-electron chi connectivity index (χ2n) is 3.70. The van der Waals surface area contributed by atoms with Gasteiger partial charge in [0.25, 0.3) is 0 Å². The van der Waals surface area contributed by atoms with Crippen molar-refractivity contribution in [3.8, 4) is 0 Å². The Bertz CT molecular complexity index is 242. The van der Waals surface area contributed by atoms with Gasteiger partial charge in [-0.15, -0.1) is 0 Å². The molecule has 0 bridgehead atoms. The second kappa shape index (κ2) is 4.52. The third kappa shape index (κ3) is 2.78. The zero-order valence-electron chi connectivity index (χ0n) is 8.53. The number of ketones is 1. The van der Waals surface area contributed by atoms with E-state index in [-0.39, 0.29) is 24.5 Å². The summed E-state index contributed by atoms with van der Waals surface area (Å²) in [5.41, 5.74) is 4.96. The van der Waals surface area contributed by atoms with Crippen LogP contribution in [0.1, 0.15) is 13.3 Å². The molecule has 1 aliphatic rings. The van der Waals surface area contributed by atoms with E-state index in [4.69, 9.17) is 10.5 Å². The van der Waals surface area contributed by atoms with Crippen molar-refractivity contribution in [2.75, 3.05) is 20.2 Å². The Morgan fingerprint density at radius 2 is 2.21 bits per heavy atom. The summed E-state index contributed by atoms with van der Waals surface area (Å²) in [6.45, 7) is 2.18. The predicted octanol–water partition coefficient (Wildman–Crippen LogP) is -0.850. The average molecular weight is 200 g/mol. The number of rotatable bonds is 4. The number of primary amides is 1. The first-order valence-corrected chi connectivity index (χ1v) is 4.61. The molecule has 5 heteroatoms. The maximum atomic E-state index is 11.2. The number of hydrogen-bond donors (Lipinski definition) is 1. The molecule has 1 heterocycles. The highest BCUT2D eigenvalue weighted by molar-refractivity contribution is 5.81. The van der Waals surface area contributed by atoms with Gasteiger partial charge in [-0.05, 0) is 20.4 Å². The summed E-state index contributed by atoms with van der Waals surface area (Å²) in [5, 5.41) is 0. The third-order valence-electron chi connectivity index (χ3n) is 2.44. The van der Waals surface area contributed by atoms with Crippen LogP contribution in [0.2, 0.25) is 0 Å². The summed E-state index contributed by atoms with van der Waals surface area (Å²) >= 11 is 0.